The molecule has 0 aliphatic carbocycles. The van der Waals surface area contributed by atoms with Crippen LogP contribution in [-0.2, 0) is 4.79 Å². The zero-order chi connectivity index (χ0) is 16.4. The molecule has 1 atom stereocenters. The van der Waals surface area contributed by atoms with Gasteiger partial charge in [-0.25, -0.2) is 4.99 Å². The van der Waals surface area contributed by atoms with Gasteiger partial charge in [0.15, 0.2) is 6.04 Å². The highest BCUT2D eigenvalue weighted by Gasteiger charge is 2.28. The normalized spacial score (nSPS) is 16.6. The molecule has 8 nitrogen and oxygen atoms in total. The quantitative estimate of drug-likeness (QED) is 0.455. The molecule has 0 radical (unpaired) electrons. The Morgan fingerprint density at radius 3 is 2.61 bits per heavy atom. The van der Waals surface area contributed by atoms with Crippen molar-refractivity contribution >= 4 is 23.2 Å². The lowest BCUT2D eigenvalue weighted by molar-refractivity contribution is -0.384. The second-order valence-electron chi connectivity index (χ2n) is 4.86. The van der Waals surface area contributed by atoms with E-state index in [1.807, 2.05) is 18.2 Å². The first-order valence-electron chi connectivity index (χ1n) is 6.72. The number of hydrogen-bond acceptors (Lipinski definition) is 6. The molecule has 116 valence electrons. The third kappa shape index (κ3) is 2.95. The SMILES string of the molecule is O=C1NC(Nc2ccc([N+](=O)[O-])cc2O)=NC1c1ccccc1. The van der Waals surface area contributed by atoms with Gasteiger partial charge in [-0.1, -0.05) is 30.3 Å². The Kier molecular flexibility index (Phi) is 3.63. The van der Waals surface area contributed by atoms with E-state index in [-0.39, 0.29) is 29.0 Å². The number of hydrogen-bond donors (Lipinski definition) is 3. The first kappa shape index (κ1) is 14.5. The summed E-state index contributed by atoms with van der Waals surface area (Å²) in [6, 6.07) is 12.0. The Morgan fingerprint density at radius 1 is 1.22 bits per heavy atom. The van der Waals surface area contributed by atoms with Crippen LogP contribution in [0.15, 0.2) is 53.5 Å². The number of phenolic OH excluding ortho intramolecular Hbond substituents is 1. The number of nitrogens with zero attached hydrogens (tertiary/aromatic N) is 2. The first-order valence-corrected chi connectivity index (χ1v) is 6.72. The molecular weight excluding hydrogens is 300 g/mol. The molecule has 2 aromatic carbocycles. The number of rotatable bonds is 3. The minimum absolute atomic E-state index is 0.174. The number of benzene rings is 2. The van der Waals surface area contributed by atoms with Crippen molar-refractivity contribution < 1.29 is 14.8 Å². The minimum Gasteiger partial charge on any atom is -0.506 e. The van der Waals surface area contributed by atoms with Crippen molar-refractivity contribution in [3.05, 3.63) is 64.2 Å². The molecule has 1 aliphatic heterocycles. The summed E-state index contributed by atoms with van der Waals surface area (Å²) in [5.74, 6) is -0.424. The molecule has 1 unspecified atom stereocenters. The van der Waals surface area contributed by atoms with E-state index in [2.05, 4.69) is 15.6 Å². The average molecular weight is 312 g/mol. The van der Waals surface area contributed by atoms with E-state index in [0.29, 0.717) is 0 Å². The number of nitro benzene ring substituents is 1. The van der Waals surface area contributed by atoms with Gasteiger partial charge >= 0.3 is 0 Å². The molecule has 0 bridgehead atoms. The van der Waals surface area contributed by atoms with Gasteiger partial charge in [-0.15, -0.1) is 0 Å². The van der Waals surface area contributed by atoms with Crippen LogP contribution in [0.25, 0.3) is 0 Å². The molecule has 3 rings (SSSR count). The maximum absolute atomic E-state index is 12.0. The topological polar surface area (TPSA) is 117 Å². The third-order valence-corrected chi connectivity index (χ3v) is 3.31. The van der Waals surface area contributed by atoms with Gasteiger partial charge in [0, 0.05) is 6.07 Å². The van der Waals surface area contributed by atoms with Gasteiger partial charge in [-0.05, 0) is 11.6 Å². The molecule has 0 aromatic heterocycles. The van der Waals surface area contributed by atoms with Crippen LogP contribution in [-0.4, -0.2) is 21.9 Å². The molecule has 0 fully saturated rings. The number of aromatic hydroxyl groups is 1. The van der Waals surface area contributed by atoms with E-state index in [4.69, 9.17) is 0 Å². The number of nitrogens with one attached hydrogen (secondary N) is 2. The van der Waals surface area contributed by atoms with Crippen molar-refractivity contribution in [1.82, 2.24) is 5.32 Å². The Hall–Kier alpha value is -3.42. The summed E-state index contributed by atoms with van der Waals surface area (Å²) >= 11 is 0. The smallest absolute Gasteiger partial charge is 0.273 e. The summed E-state index contributed by atoms with van der Waals surface area (Å²) in [7, 11) is 0. The van der Waals surface area contributed by atoms with E-state index >= 15 is 0 Å². The summed E-state index contributed by atoms with van der Waals surface area (Å²) in [6.45, 7) is 0. The highest BCUT2D eigenvalue weighted by molar-refractivity contribution is 6.11. The van der Waals surface area contributed by atoms with Gasteiger partial charge in [0.05, 0.1) is 16.7 Å². The van der Waals surface area contributed by atoms with E-state index in [1.54, 1.807) is 12.1 Å². The molecule has 23 heavy (non-hydrogen) atoms. The van der Waals surface area contributed by atoms with E-state index in [9.17, 15) is 20.0 Å². The molecule has 3 N–H and O–H groups in total. The van der Waals surface area contributed by atoms with Gasteiger partial charge < -0.3 is 10.4 Å². The van der Waals surface area contributed by atoms with Gasteiger partial charge in [0.1, 0.15) is 5.75 Å². The standard InChI is InChI=1S/C15H12N4O4/c20-12-8-10(19(22)23)6-7-11(12)16-15-17-13(14(21)18-15)9-4-2-1-3-5-9/h1-8,13,20H,(H2,16,17,18,21). The number of carbonyl (C=O) groups is 1. The number of aliphatic imine (C=N–C) groups is 1. The van der Waals surface area contributed by atoms with Gasteiger partial charge in [0.2, 0.25) is 5.96 Å². The van der Waals surface area contributed by atoms with Gasteiger partial charge in [0.25, 0.3) is 11.6 Å². The maximum Gasteiger partial charge on any atom is 0.273 e. The average Bonchev–Trinajstić information content (AvgIpc) is 2.90. The largest absolute Gasteiger partial charge is 0.506 e. The number of anilines is 1. The Labute approximate surface area is 130 Å². The summed E-state index contributed by atoms with van der Waals surface area (Å²) in [5, 5.41) is 25.8. The first-order chi connectivity index (χ1) is 11.0. The van der Waals surface area contributed by atoms with Crippen molar-refractivity contribution in [3.8, 4) is 5.75 Å². The highest BCUT2D eigenvalue weighted by Crippen LogP contribution is 2.29. The second-order valence-corrected chi connectivity index (χ2v) is 4.86. The lowest BCUT2D eigenvalue weighted by atomic mass is 10.1. The van der Waals surface area contributed by atoms with E-state index in [0.717, 1.165) is 11.6 Å². The van der Waals surface area contributed by atoms with Crippen LogP contribution in [0.3, 0.4) is 0 Å². The van der Waals surface area contributed by atoms with Crippen LogP contribution in [0.2, 0.25) is 0 Å². The van der Waals surface area contributed by atoms with Gasteiger partial charge in [-0.2, -0.15) is 0 Å². The monoisotopic (exact) mass is 312 g/mol. The van der Waals surface area contributed by atoms with Gasteiger partial charge in [-0.3, -0.25) is 20.2 Å². The fourth-order valence-electron chi connectivity index (χ4n) is 2.20. The molecular formula is C15H12N4O4. The Morgan fingerprint density at radius 2 is 1.96 bits per heavy atom. The number of nitro groups is 1. The number of non-ortho nitro benzene ring substituents is 1. The van der Waals surface area contributed by atoms with Crippen molar-refractivity contribution in [2.45, 2.75) is 6.04 Å². The zero-order valence-corrected chi connectivity index (χ0v) is 11.8. The lowest BCUT2D eigenvalue weighted by Crippen LogP contribution is -2.30. The van der Waals surface area contributed by atoms with Crippen LogP contribution >= 0.6 is 0 Å². The molecule has 1 heterocycles. The highest BCUT2D eigenvalue weighted by atomic mass is 16.6. The predicted octanol–water partition coefficient (Wildman–Crippen LogP) is 1.94. The van der Waals surface area contributed by atoms with Crippen LogP contribution in [0.1, 0.15) is 11.6 Å². The predicted molar refractivity (Wildman–Crippen MR) is 83.1 cm³/mol. The third-order valence-electron chi connectivity index (χ3n) is 3.31. The number of amides is 1. The zero-order valence-electron chi connectivity index (χ0n) is 11.8. The molecule has 0 spiro atoms. The Balaban J connectivity index is 1.81. The summed E-state index contributed by atoms with van der Waals surface area (Å²) in [4.78, 5) is 26.3. The van der Waals surface area contributed by atoms with Crippen molar-refractivity contribution in [2.75, 3.05) is 5.32 Å². The second kappa shape index (κ2) is 5.76. The van der Waals surface area contributed by atoms with Crippen LogP contribution in [0.4, 0.5) is 11.4 Å². The molecule has 2 aromatic rings. The number of phenols is 1. The van der Waals surface area contributed by atoms with E-state index in [1.165, 1.54) is 12.1 Å². The minimum atomic E-state index is -0.668. The van der Waals surface area contributed by atoms with Crippen LogP contribution in [0.5, 0.6) is 5.75 Å². The van der Waals surface area contributed by atoms with Crippen molar-refractivity contribution in [1.29, 1.82) is 0 Å². The van der Waals surface area contributed by atoms with E-state index < -0.39 is 11.0 Å². The Bertz CT molecular complexity index is 804. The number of guanidine groups is 1. The molecule has 0 saturated carbocycles. The fraction of sp³-hybridized carbons (Fsp3) is 0.0667. The van der Waals surface area contributed by atoms with Crippen molar-refractivity contribution in [3.63, 3.8) is 0 Å². The summed E-state index contributed by atoms with van der Waals surface area (Å²) in [5.41, 5.74) is 0.727. The summed E-state index contributed by atoms with van der Waals surface area (Å²) < 4.78 is 0. The van der Waals surface area contributed by atoms with Crippen LogP contribution < -0.4 is 10.6 Å². The fourth-order valence-corrected chi connectivity index (χ4v) is 2.20. The molecule has 8 heteroatoms. The molecule has 0 saturated heterocycles. The lowest BCUT2D eigenvalue weighted by Gasteiger charge is -2.07. The molecule has 1 amide bonds. The van der Waals surface area contributed by atoms with Crippen LogP contribution in [0, 0.1) is 10.1 Å². The summed E-state index contributed by atoms with van der Waals surface area (Å²) in [6.07, 6.45) is 0. The number of carbonyl (C=O) groups excluding carboxylic acids is 1. The van der Waals surface area contributed by atoms with Crippen molar-refractivity contribution in [2.24, 2.45) is 4.99 Å². The molecule has 1 aliphatic rings. The maximum atomic E-state index is 12.0.